The van der Waals surface area contributed by atoms with Gasteiger partial charge in [0.05, 0.1) is 35.2 Å². The number of nitrogens with zero attached hydrogens (tertiary/aromatic N) is 1. The first-order valence-electron chi connectivity index (χ1n) is 6.00. The summed E-state index contributed by atoms with van der Waals surface area (Å²) in [5.74, 6) is -1.43. The summed E-state index contributed by atoms with van der Waals surface area (Å²) in [5, 5.41) is 2.68. The summed E-state index contributed by atoms with van der Waals surface area (Å²) < 4.78 is 4.68. The van der Waals surface area contributed by atoms with Crippen LogP contribution in [0.5, 0.6) is 0 Å². The minimum absolute atomic E-state index is 0.0536. The van der Waals surface area contributed by atoms with E-state index in [2.05, 4.69) is 15.0 Å². The number of aromatic nitrogens is 1. The topological polar surface area (TPSA) is 85.4 Å². The molecule has 6 nitrogen and oxygen atoms in total. The van der Waals surface area contributed by atoms with Crippen molar-refractivity contribution in [1.82, 2.24) is 10.3 Å². The van der Waals surface area contributed by atoms with Crippen LogP contribution in [0.3, 0.4) is 0 Å². The molecule has 0 radical (unpaired) electrons. The van der Waals surface area contributed by atoms with Gasteiger partial charge in [0.25, 0.3) is 0 Å². The lowest BCUT2D eigenvalue weighted by atomic mass is 9.87. The molecular weight excluding hydrogens is 260 g/mol. The molecule has 0 aliphatic heterocycles. The molecule has 0 saturated carbocycles. The van der Waals surface area contributed by atoms with Crippen LogP contribution in [-0.2, 0) is 4.74 Å². The summed E-state index contributed by atoms with van der Waals surface area (Å²) in [6.45, 7) is 3.24. The molecule has 0 aromatic carbocycles. The smallest absolute Gasteiger partial charge is 0.340 e. The van der Waals surface area contributed by atoms with Crippen LogP contribution in [0, 0.1) is 13.8 Å². The second kappa shape index (κ2) is 4.88. The number of methoxy groups -OCH3 is 1. The highest BCUT2D eigenvalue weighted by Gasteiger charge is 2.33. The number of aryl methyl sites for hydroxylation is 2. The highest BCUT2D eigenvalue weighted by molar-refractivity contribution is 6.27. The number of fused-ring (bicyclic) bond motifs is 1. The Labute approximate surface area is 115 Å². The fraction of sp³-hybridized carbons (Fsp3) is 0.286. The Balaban J connectivity index is 2.83. The molecule has 104 valence electrons. The summed E-state index contributed by atoms with van der Waals surface area (Å²) >= 11 is 0. The van der Waals surface area contributed by atoms with E-state index in [1.54, 1.807) is 20.9 Å². The Morgan fingerprint density at radius 2 is 1.85 bits per heavy atom. The summed E-state index contributed by atoms with van der Waals surface area (Å²) in [7, 11) is 2.78. The third-order valence-electron chi connectivity index (χ3n) is 3.21. The van der Waals surface area contributed by atoms with Gasteiger partial charge in [-0.15, -0.1) is 0 Å². The predicted molar refractivity (Wildman–Crippen MR) is 70.9 cm³/mol. The van der Waals surface area contributed by atoms with E-state index in [-0.39, 0.29) is 28.2 Å². The number of allylic oxidation sites excluding steroid dienone is 2. The number of hydrogen-bond acceptors (Lipinski definition) is 6. The molecule has 1 aliphatic rings. The van der Waals surface area contributed by atoms with Crippen LogP contribution in [-0.4, -0.2) is 36.7 Å². The monoisotopic (exact) mass is 274 g/mol. The van der Waals surface area contributed by atoms with Crippen molar-refractivity contribution < 1.29 is 19.1 Å². The predicted octanol–water partition coefficient (Wildman–Crippen LogP) is 0.967. The summed E-state index contributed by atoms with van der Waals surface area (Å²) in [6, 6.07) is 0. The van der Waals surface area contributed by atoms with E-state index in [1.807, 2.05) is 0 Å². The number of carbonyl (C=O) groups is 3. The summed E-state index contributed by atoms with van der Waals surface area (Å²) in [4.78, 5) is 40.6. The first kappa shape index (κ1) is 13.9. The van der Waals surface area contributed by atoms with Crippen LogP contribution >= 0.6 is 0 Å². The van der Waals surface area contributed by atoms with E-state index in [0.29, 0.717) is 11.4 Å². The van der Waals surface area contributed by atoms with E-state index < -0.39 is 11.8 Å². The Kier molecular flexibility index (Phi) is 3.40. The molecular formula is C14H14N2O4. The van der Waals surface area contributed by atoms with Crippen molar-refractivity contribution in [3.05, 3.63) is 39.9 Å². The van der Waals surface area contributed by atoms with Gasteiger partial charge in [-0.2, -0.15) is 0 Å². The number of pyridine rings is 1. The van der Waals surface area contributed by atoms with Crippen LogP contribution in [0.25, 0.3) is 0 Å². The number of carbonyl (C=O) groups excluding carboxylic acids is 3. The molecule has 1 aromatic heterocycles. The van der Waals surface area contributed by atoms with Gasteiger partial charge in [0.2, 0.25) is 5.78 Å². The Bertz CT molecular complexity index is 674. The number of nitrogens with one attached hydrogen (secondary N) is 1. The summed E-state index contributed by atoms with van der Waals surface area (Å²) in [6.07, 6.45) is 1.19. The molecule has 0 fully saturated rings. The largest absolute Gasteiger partial charge is 0.465 e. The number of Topliss-reactive ketones (excluding diaryl/α,β-unsaturated/α-hetero) is 1. The maximum Gasteiger partial charge on any atom is 0.340 e. The molecule has 0 spiro atoms. The second-order valence-corrected chi connectivity index (χ2v) is 4.40. The Morgan fingerprint density at radius 1 is 1.20 bits per heavy atom. The lowest BCUT2D eigenvalue weighted by Crippen LogP contribution is -2.28. The molecule has 2 rings (SSSR count). The molecule has 20 heavy (non-hydrogen) atoms. The van der Waals surface area contributed by atoms with E-state index in [0.717, 1.165) is 0 Å². The van der Waals surface area contributed by atoms with Gasteiger partial charge in [0.1, 0.15) is 0 Å². The number of ketones is 2. The van der Waals surface area contributed by atoms with Gasteiger partial charge in [-0.1, -0.05) is 0 Å². The molecule has 0 atom stereocenters. The third kappa shape index (κ3) is 1.89. The number of likely N-dealkylation sites (N-methyl/N-ethyl adjacent to an activating group) is 1. The van der Waals surface area contributed by atoms with Crippen molar-refractivity contribution in [2.24, 2.45) is 0 Å². The maximum atomic E-state index is 12.3. The minimum Gasteiger partial charge on any atom is -0.465 e. The molecule has 1 heterocycles. The van der Waals surface area contributed by atoms with Crippen molar-refractivity contribution in [1.29, 1.82) is 0 Å². The number of esters is 1. The number of rotatable bonds is 2. The second-order valence-electron chi connectivity index (χ2n) is 4.40. The average Bonchev–Trinajstić information content (AvgIpc) is 2.41. The van der Waals surface area contributed by atoms with Crippen LogP contribution in [0.2, 0.25) is 0 Å². The van der Waals surface area contributed by atoms with Gasteiger partial charge in [-0.25, -0.2) is 4.79 Å². The standard InChI is InChI=1S/C14H14N2O4/c1-6-10-12(9(17)5-8(15-3)13(10)18)11(7(2)16-6)14(19)20-4/h5,15H,1-4H3. The van der Waals surface area contributed by atoms with Gasteiger partial charge in [-0.05, 0) is 13.8 Å². The lowest BCUT2D eigenvalue weighted by molar-refractivity contribution is 0.0596. The minimum atomic E-state index is -0.672. The third-order valence-corrected chi connectivity index (χ3v) is 3.21. The van der Waals surface area contributed by atoms with Crippen LogP contribution in [0.15, 0.2) is 11.8 Å². The SMILES string of the molecule is CNC1=CC(=O)c2c(C(=O)OC)c(C)nc(C)c2C1=O. The maximum absolute atomic E-state index is 12.3. The van der Waals surface area contributed by atoms with E-state index in [9.17, 15) is 14.4 Å². The normalized spacial score (nSPS) is 13.7. The molecule has 1 aliphatic carbocycles. The Hall–Kier alpha value is -2.50. The zero-order chi connectivity index (χ0) is 15.0. The van der Waals surface area contributed by atoms with Gasteiger partial charge in [0.15, 0.2) is 5.78 Å². The molecule has 6 heteroatoms. The highest BCUT2D eigenvalue weighted by Crippen LogP contribution is 2.27. The lowest BCUT2D eigenvalue weighted by Gasteiger charge is -2.19. The van der Waals surface area contributed by atoms with Crippen LogP contribution in [0.1, 0.15) is 42.5 Å². The molecule has 0 unspecified atom stereocenters. The zero-order valence-corrected chi connectivity index (χ0v) is 11.7. The van der Waals surface area contributed by atoms with Gasteiger partial charge in [-0.3, -0.25) is 14.6 Å². The quantitative estimate of drug-likeness (QED) is 0.809. The summed E-state index contributed by atoms with van der Waals surface area (Å²) in [5.41, 5.74) is 1.27. The fourth-order valence-electron chi connectivity index (χ4n) is 2.32. The number of hydrogen-bond donors (Lipinski definition) is 1. The average molecular weight is 274 g/mol. The van der Waals surface area contributed by atoms with Crippen molar-refractivity contribution in [3.8, 4) is 0 Å². The molecule has 1 aromatic rings. The van der Waals surface area contributed by atoms with Gasteiger partial charge >= 0.3 is 5.97 Å². The van der Waals surface area contributed by atoms with E-state index in [1.165, 1.54) is 13.2 Å². The first-order valence-corrected chi connectivity index (χ1v) is 6.00. The molecule has 0 saturated heterocycles. The number of ether oxygens (including phenoxy) is 1. The van der Waals surface area contributed by atoms with Crippen molar-refractivity contribution in [2.45, 2.75) is 13.8 Å². The fourth-order valence-corrected chi connectivity index (χ4v) is 2.32. The van der Waals surface area contributed by atoms with Crippen LogP contribution in [0.4, 0.5) is 0 Å². The van der Waals surface area contributed by atoms with E-state index in [4.69, 9.17) is 0 Å². The van der Waals surface area contributed by atoms with Crippen molar-refractivity contribution in [2.75, 3.05) is 14.2 Å². The van der Waals surface area contributed by atoms with Gasteiger partial charge in [0, 0.05) is 18.8 Å². The first-order chi connectivity index (χ1) is 9.42. The molecule has 1 N–H and O–H groups in total. The van der Waals surface area contributed by atoms with Crippen molar-refractivity contribution in [3.63, 3.8) is 0 Å². The molecule has 0 amide bonds. The zero-order valence-electron chi connectivity index (χ0n) is 11.7. The van der Waals surface area contributed by atoms with Crippen molar-refractivity contribution >= 4 is 17.5 Å². The highest BCUT2D eigenvalue weighted by atomic mass is 16.5. The molecule has 0 bridgehead atoms. The van der Waals surface area contributed by atoms with Gasteiger partial charge < -0.3 is 10.1 Å². The Morgan fingerprint density at radius 3 is 2.40 bits per heavy atom. The van der Waals surface area contributed by atoms with Crippen LogP contribution < -0.4 is 5.32 Å². The van der Waals surface area contributed by atoms with E-state index >= 15 is 0 Å².